The Morgan fingerprint density at radius 1 is 1.03 bits per heavy atom. The van der Waals surface area contributed by atoms with Crippen molar-refractivity contribution in [3.05, 3.63) is 100 Å². The fourth-order valence-corrected chi connectivity index (χ4v) is 4.28. The lowest BCUT2D eigenvalue weighted by Gasteiger charge is -2.36. The second-order valence-electron chi connectivity index (χ2n) is 8.96. The van der Waals surface area contributed by atoms with Gasteiger partial charge in [-0.25, -0.2) is 4.79 Å². The summed E-state index contributed by atoms with van der Waals surface area (Å²) < 4.78 is 44.8. The average Bonchev–Trinajstić information content (AvgIpc) is 2.91. The first-order valence-electron chi connectivity index (χ1n) is 12.0. The van der Waals surface area contributed by atoms with Crippen LogP contribution in [0.2, 0.25) is 5.02 Å². The van der Waals surface area contributed by atoms with E-state index in [-0.39, 0.29) is 18.7 Å². The number of anilines is 1. The lowest BCUT2D eigenvalue weighted by atomic mass is 10.1. The minimum absolute atomic E-state index is 0.148. The summed E-state index contributed by atoms with van der Waals surface area (Å²) in [5.74, 6) is 0. The molecule has 1 saturated heterocycles. The Bertz CT molecular complexity index is 1270. The minimum atomic E-state index is -4.38. The Labute approximate surface area is 224 Å². The van der Waals surface area contributed by atoms with Crippen LogP contribution in [0.15, 0.2) is 72.8 Å². The summed E-state index contributed by atoms with van der Waals surface area (Å²) in [5, 5.41) is 12.5. The van der Waals surface area contributed by atoms with E-state index in [1.807, 2.05) is 12.1 Å². The molecule has 3 aromatic carbocycles. The molecular formula is C28H26ClF3N4O2. The Balaban J connectivity index is 1.35. The SMILES string of the molecule is N#Cc1cccc(NC(=O)N2CCN(C[C@@H](OCc3ccc(C(F)(F)F)cc3)c3ccc(Cl)cc3)CC2)c1. The molecule has 198 valence electrons. The maximum Gasteiger partial charge on any atom is 0.416 e. The lowest BCUT2D eigenvalue weighted by Crippen LogP contribution is -2.50. The van der Waals surface area contributed by atoms with E-state index >= 15 is 0 Å². The molecule has 0 saturated carbocycles. The molecule has 6 nitrogen and oxygen atoms in total. The third-order valence-corrected chi connectivity index (χ3v) is 6.55. The van der Waals surface area contributed by atoms with Crippen LogP contribution in [0.3, 0.4) is 0 Å². The number of urea groups is 1. The third-order valence-electron chi connectivity index (χ3n) is 6.30. The van der Waals surface area contributed by atoms with E-state index in [2.05, 4.69) is 16.3 Å². The number of halogens is 4. The summed E-state index contributed by atoms with van der Waals surface area (Å²) >= 11 is 6.05. The van der Waals surface area contributed by atoms with Gasteiger partial charge in [-0.1, -0.05) is 41.9 Å². The Kier molecular flexibility index (Phi) is 8.89. The average molecular weight is 543 g/mol. The summed E-state index contributed by atoms with van der Waals surface area (Å²) in [6, 6.07) is 20.8. The Morgan fingerprint density at radius 3 is 2.34 bits per heavy atom. The van der Waals surface area contributed by atoms with Gasteiger partial charge in [-0.15, -0.1) is 0 Å². The first-order chi connectivity index (χ1) is 18.2. The number of nitrogens with one attached hydrogen (secondary N) is 1. The first-order valence-corrected chi connectivity index (χ1v) is 12.4. The number of hydrogen-bond donors (Lipinski definition) is 1. The van der Waals surface area contributed by atoms with Crippen molar-refractivity contribution in [2.45, 2.75) is 18.9 Å². The van der Waals surface area contributed by atoms with Gasteiger partial charge in [-0.3, -0.25) is 4.90 Å². The van der Waals surface area contributed by atoms with E-state index in [1.54, 1.807) is 41.3 Å². The molecule has 1 atom stereocenters. The first kappa shape index (κ1) is 27.5. The highest BCUT2D eigenvalue weighted by molar-refractivity contribution is 6.30. The van der Waals surface area contributed by atoms with Gasteiger partial charge in [0, 0.05) is 43.4 Å². The van der Waals surface area contributed by atoms with Crippen molar-refractivity contribution in [3.63, 3.8) is 0 Å². The third kappa shape index (κ3) is 7.48. The van der Waals surface area contributed by atoms with Crippen LogP contribution in [-0.4, -0.2) is 48.6 Å². The normalized spacial score (nSPS) is 15.1. The molecule has 1 N–H and O–H groups in total. The molecule has 1 aliphatic rings. The van der Waals surface area contributed by atoms with Crippen molar-refractivity contribution >= 4 is 23.3 Å². The van der Waals surface area contributed by atoms with Crippen LogP contribution in [-0.2, 0) is 17.5 Å². The summed E-state index contributed by atoms with van der Waals surface area (Å²) in [6.45, 7) is 2.96. The Hall–Kier alpha value is -3.58. The van der Waals surface area contributed by atoms with Crippen LogP contribution >= 0.6 is 11.6 Å². The van der Waals surface area contributed by atoms with Gasteiger partial charge in [0.2, 0.25) is 0 Å². The molecule has 2 amide bonds. The number of piperazine rings is 1. The largest absolute Gasteiger partial charge is 0.416 e. The maximum absolute atomic E-state index is 12.9. The van der Waals surface area contributed by atoms with E-state index < -0.39 is 11.7 Å². The minimum Gasteiger partial charge on any atom is -0.368 e. The van der Waals surface area contributed by atoms with E-state index in [9.17, 15) is 18.0 Å². The van der Waals surface area contributed by atoms with E-state index in [0.29, 0.717) is 54.6 Å². The highest BCUT2D eigenvalue weighted by atomic mass is 35.5. The van der Waals surface area contributed by atoms with Gasteiger partial charge in [0.15, 0.2) is 0 Å². The van der Waals surface area contributed by atoms with Gasteiger partial charge >= 0.3 is 12.2 Å². The molecule has 0 aliphatic carbocycles. The van der Waals surface area contributed by atoms with Gasteiger partial charge in [-0.2, -0.15) is 18.4 Å². The van der Waals surface area contributed by atoms with Crippen molar-refractivity contribution < 1.29 is 22.7 Å². The molecule has 0 spiro atoms. The highest BCUT2D eigenvalue weighted by Crippen LogP contribution is 2.30. The number of ether oxygens (including phenoxy) is 1. The summed E-state index contributed by atoms with van der Waals surface area (Å²) in [6.07, 6.45) is -4.73. The number of carbonyl (C=O) groups is 1. The van der Waals surface area contributed by atoms with Crippen LogP contribution in [0.1, 0.15) is 28.4 Å². The molecule has 3 aromatic rings. The van der Waals surface area contributed by atoms with Gasteiger partial charge in [0.05, 0.1) is 29.9 Å². The van der Waals surface area contributed by atoms with Crippen LogP contribution < -0.4 is 5.32 Å². The lowest BCUT2D eigenvalue weighted by molar-refractivity contribution is -0.137. The van der Waals surface area contributed by atoms with Crippen LogP contribution in [0, 0.1) is 11.3 Å². The highest BCUT2D eigenvalue weighted by Gasteiger charge is 2.30. The molecule has 4 rings (SSSR count). The Morgan fingerprint density at radius 2 is 1.71 bits per heavy atom. The molecule has 0 aromatic heterocycles. The molecule has 1 heterocycles. The molecule has 0 bridgehead atoms. The van der Waals surface area contributed by atoms with Crippen LogP contribution in [0.5, 0.6) is 0 Å². The van der Waals surface area contributed by atoms with Crippen molar-refractivity contribution in [1.29, 1.82) is 5.26 Å². The summed E-state index contributed by atoms with van der Waals surface area (Å²) in [7, 11) is 0. The van der Waals surface area contributed by atoms with Crippen molar-refractivity contribution in [3.8, 4) is 6.07 Å². The molecular weight excluding hydrogens is 517 g/mol. The zero-order valence-corrected chi connectivity index (χ0v) is 21.2. The fraction of sp³-hybridized carbons (Fsp3) is 0.286. The molecule has 38 heavy (non-hydrogen) atoms. The maximum atomic E-state index is 12.9. The standard InChI is InChI=1S/C28H26ClF3N4O2/c29-24-10-6-22(7-11-24)26(38-19-20-4-8-23(9-5-20)28(30,31)32)18-35-12-14-36(15-13-35)27(37)34-25-3-1-2-21(16-25)17-33/h1-11,16,26H,12-15,18-19H2,(H,34,37)/t26-/m1/s1. The monoisotopic (exact) mass is 542 g/mol. The molecule has 1 aliphatic heterocycles. The predicted octanol–water partition coefficient (Wildman–Crippen LogP) is 6.34. The van der Waals surface area contributed by atoms with Gasteiger partial charge < -0.3 is 15.0 Å². The summed E-state index contributed by atoms with van der Waals surface area (Å²) in [5.41, 5.74) is 1.88. The second-order valence-corrected chi connectivity index (χ2v) is 9.39. The van der Waals surface area contributed by atoms with E-state index in [0.717, 1.165) is 17.7 Å². The quantitative estimate of drug-likeness (QED) is 0.378. The van der Waals surface area contributed by atoms with E-state index in [1.165, 1.54) is 12.1 Å². The summed E-state index contributed by atoms with van der Waals surface area (Å²) in [4.78, 5) is 16.6. The van der Waals surface area contributed by atoms with Crippen LogP contribution in [0.4, 0.5) is 23.7 Å². The number of benzene rings is 3. The number of amides is 2. The number of alkyl halides is 3. The second kappa shape index (κ2) is 12.3. The zero-order chi connectivity index (χ0) is 27.1. The zero-order valence-electron chi connectivity index (χ0n) is 20.4. The molecule has 10 heteroatoms. The van der Waals surface area contributed by atoms with Crippen molar-refractivity contribution in [2.24, 2.45) is 0 Å². The van der Waals surface area contributed by atoms with Crippen molar-refractivity contribution in [1.82, 2.24) is 9.80 Å². The smallest absolute Gasteiger partial charge is 0.368 e. The number of hydrogen-bond acceptors (Lipinski definition) is 4. The predicted molar refractivity (Wildman–Crippen MR) is 139 cm³/mol. The van der Waals surface area contributed by atoms with E-state index in [4.69, 9.17) is 21.6 Å². The van der Waals surface area contributed by atoms with Gasteiger partial charge in [-0.05, 0) is 53.6 Å². The van der Waals surface area contributed by atoms with Gasteiger partial charge in [0.1, 0.15) is 0 Å². The molecule has 0 unspecified atom stereocenters. The number of carbonyl (C=O) groups excluding carboxylic acids is 1. The van der Waals surface area contributed by atoms with Crippen molar-refractivity contribution in [2.75, 3.05) is 38.0 Å². The van der Waals surface area contributed by atoms with Gasteiger partial charge in [0.25, 0.3) is 0 Å². The number of rotatable bonds is 7. The number of nitrogens with zero attached hydrogens (tertiary/aromatic N) is 3. The molecule has 1 fully saturated rings. The fourth-order valence-electron chi connectivity index (χ4n) is 4.16. The molecule has 0 radical (unpaired) electrons. The van der Waals surface area contributed by atoms with Crippen LogP contribution in [0.25, 0.3) is 0 Å². The number of nitriles is 1. The topological polar surface area (TPSA) is 68.6 Å².